The molecule has 7 heteroatoms. The van der Waals surface area contributed by atoms with Crippen LogP contribution in [0.2, 0.25) is 10.0 Å². The largest absolute Gasteiger partial charge is 0.321 e. The van der Waals surface area contributed by atoms with Crippen LogP contribution in [0.25, 0.3) is 30.9 Å². The van der Waals surface area contributed by atoms with E-state index in [0.717, 1.165) is 30.9 Å². The molecule has 1 amide bonds. The Kier molecular flexibility index (Phi) is 4.76. The van der Waals surface area contributed by atoms with Crippen molar-refractivity contribution < 1.29 is 4.79 Å². The van der Waals surface area contributed by atoms with Crippen molar-refractivity contribution in [2.75, 3.05) is 5.32 Å². The van der Waals surface area contributed by atoms with Crippen molar-refractivity contribution in [2.24, 2.45) is 0 Å². The molecule has 0 saturated carbocycles. The molecule has 142 valence electrons. The predicted molar refractivity (Wildman–Crippen MR) is 125 cm³/mol. The number of halogens is 2. The van der Waals surface area contributed by atoms with Gasteiger partial charge in [0.1, 0.15) is 9.88 Å². The molecular formula is C22H12Cl2N2OS2. The first-order valence-corrected chi connectivity index (χ1v) is 11.1. The molecule has 0 bridgehead atoms. The lowest BCUT2D eigenvalue weighted by atomic mass is 10.2. The van der Waals surface area contributed by atoms with Gasteiger partial charge in [0.2, 0.25) is 0 Å². The fourth-order valence-corrected chi connectivity index (χ4v) is 5.72. The van der Waals surface area contributed by atoms with E-state index in [2.05, 4.69) is 16.4 Å². The zero-order chi connectivity index (χ0) is 20.0. The number of amides is 1. The quantitative estimate of drug-likeness (QED) is 0.302. The highest BCUT2D eigenvalue weighted by Gasteiger charge is 2.17. The lowest BCUT2D eigenvalue weighted by Crippen LogP contribution is -2.10. The summed E-state index contributed by atoms with van der Waals surface area (Å²) in [5, 5.41) is 5.77. The Morgan fingerprint density at radius 2 is 1.69 bits per heavy atom. The second-order valence-electron chi connectivity index (χ2n) is 6.40. The monoisotopic (exact) mass is 454 g/mol. The van der Waals surface area contributed by atoms with Crippen LogP contribution in [0, 0.1) is 0 Å². The summed E-state index contributed by atoms with van der Waals surface area (Å²) in [6.45, 7) is 0. The van der Waals surface area contributed by atoms with Gasteiger partial charge >= 0.3 is 0 Å². The number of hydrogen-bond acceptors (Lipinski definition) is 4. The van der Waals surface area contributed by atoms with Crippen molar-refractivity contribution in [3.05, 3.63) is 81.7 Å². The minimum atomic E-state index is -0.236. The van der Waals surface area contributed by atoms with E-state index in [1.165, 1.54) is 11.3 Å². The van der Waals surface area contributed by atoms with Gasteiger partial charge < -0.3 is 5.32 Å². The van der Waals surface area contributed by atoms with Crippen molar-refractivity contribution in [3.8, 4) is 10.6 Å². The maximum absolute atomic E-state index is 12.7. The van der Waals surface area contributed by atoms with E-state index in [9.17, 15) is 4.79 Å². The van der Waals surface area contributed by atoms with Gasteiger partial charge in [0, 0.05) is 26.4 Å². The number of rotatable bonds is 3. The van der Waals surface area contributed by atoms with Crippen LogP contribution in [0.1, 0.15) is 9.67 Å². The Morgan fingerprint density at radius 1 is 0.897 bits per heavy atom. The Bertz CT molecular complexity index is 1340. The topological polar surface area (TPSA) is 42.0 Å². The first-order valence-electron chi connectivity index (χ1n) is 8.73. The van der Waals surface area contributed by atoms with Gasteiger partial charge in [-0.05, 0) is 48.5 Å². The van der Waals surface area contributed by atoms with Crippen molar-refractivity contribution in [2.45, 2.75) is 0 Å². The Balaban J connectivity index is 1.39. The van der Waals surface area contributed by atoms with E-state index in [0.29, 0.717) is 20.6 Å². The number of thiophene rings is 1. The third kappa shape index (κ3) is 3.51. The molecule has 0 radical (unpaired) electrons. The zero-order valence-corrected chi connectivity index (χ0v) is 17.9. The molecule has 5 rings (SSSR count). The highest BCUT2D eigenvalue weighted by molar-refractivity contribution is 7.22. The molecule has 3 aromatic carbocycles. The average molecular weight is 455 g/mol. The van der Waals surface area contributed by atoms with E-state index in [1.807, 2.05) is 54.6 Å². The van der Waals surface area contributed by atoms with Gasteiger partial charge in [-0.2, -0.15) is 0 Å². The van der Waals surface area contributed by atoms with Crippen molar-refractivity contribution in [1.29, 1.82) is 0 Å². The van der Waals surface area contributed by atoms with Crippen LogP contribution in [-0.4, -0.2) is 10.9 Å². The zero-order valence-electron chi connectivity index (χ0n) is 14.8. The Morgan fingerprint density at radius 3 is 2.48 bits per heavy atom. The summed E-state index contributed by atoms with van der Waals surface area (Å²) in [5.41, 5.74) is 2.70. The third-order valence-corrected chi connectivity index (χ3v) is 7.46. The number of nitrogens with one attached hydrogen (secondary N) is 1. The van der Waals surface area contributed by atoms with Gasteiger partial charge in [-0.25, -0.2) is 4.98 Å². The molecule has 0 spiro atoms. The number of aromatic nitrogens is 1. The van der Waals surface area contributed by atoms with Crippen LogP contribution in [0.4, 0.5) is 5.69 Å². The Hall–Kier alpha value is -2.44. The fourth-order valence-electron chi connectivity index (χ4n) is 3.06. The number of carbonyl (C=O) groups excluding carboxylic acids is 1. The molecular weight excluding hydrogens is 443 g/mol. The summed E-state index contributed by atoms with van der Waals surface area (Å²) in [7, 11) is 0. The minimum Gasteiger partial charge on any atom is -0.321 e. The van der Waals surface area contributed by atoms with Crippen LogP contribution in [0.15, 0.2) is 66.7 Å². The number of nitrogens with zero attached hydrogens (tertiary/aromatic N) is 1. The van der Waals surface area contributed by atoms with E-state index in [-0.39, 0.29) is 5.91 Å². The summed E-state index contributed by atoms with van der Waals surface area (Å²) in [6, 6.07) is 21.1. The molecule has 0 fully saturated rings. The van der Waals surface area contributed by atoms with Crippen molar-refractivity contribution >= 4 is 77.8 Å². The standard InChI is InChI=1S/C22H12Cl2N2OS2/c23-13-7-10-15-18(11-13)28-20(19(15)24)21(27)25-14-8-5-12(6-9-14)22-26-16-3-1-2-4-17(16)29-22/h1-11H,(H,25,27). The average Bonchev–Trinajstić information content (AvgIpc) is 3.29. The lowest BCUT2D eigenvalue weighted by molar-refractivity contribution is 0.103. The fraction of sp³-hybridized carbons (Fsp3) is 0. The molecule has 2 heterocycles. The van der Waals surface area contributed by atoms with Gasteiger partial charge in [0.25, 0.3) is 5.91 Å². The van der Waals surface area contributed by atoms with Gasteiger partial charge in [-0.3, -0.25) is 4.79 Å². The third-order valence-electron chi connectivity index (χ3n) is 4.48. The number of fused-ring (bicyclic) bond motifs is 2. The molecule has 0 atom stereocenters. The molecule has 29 heavy (non-hydrogen) atoms. The maximum atomic E-state index is 12.7. The van der Waals surface area contributed by atoms with Crippen LogP contribution in [0.5, 0.6) is 0 Å². The van der Waals surface area contributed by atoms with Crippen molar-refractivity contribution in [1.82, 2.24) is 4.98 Å². The van der Waals surface area contributed by atoms with Gasteiger partial charge in [0.05, 0.1) is 15.2 Å². The molecule has 0 aliphatic rings. The molecule has 0 aliphatic carbocycles. The number of thiazole rings is 1. The van der Waals surface area contributed by atoms with E-state index in [1.54, 1.807) is 17.4 Å². The van der Waals surface area contributed by atoms with Crippen LogP contribution >= 0.6 is 45.9 Å². The molecule has 0 aliphatic heterocycles. The smallest absolute Gasteiger partial charge is 0.267 e. The normalized spacial score (nSPS) is 11.2. The summed E-state index contributed by atoms with van der Waals surface area (Å²) in [4.78, 5) is 17.9. The van der Waals surface area contributed by atoms with E-state index >= 15 is 0 Å². The summed E-state index contributed by atoms with van der Waals surface area (Å²) >= 11 is 15.4. The van der Waals surface area contributed by atoms with E-state index < -0.39 is 0 Å². The molecule has 0 saturated heterocycles. The highest BCUT2D eigenvalue weighted by Crippen LogP contribution is 2.37. The number of hydrogen-bond donors (Lipinski definition) is 1. The van der Waals surface area contributed by atoms with Crippen LogP contribution < -0.4 is 5.32 Å². The summed E-state index contributed by atoms with van der Waals surface area (Å²) in [5.74, 6) is -0.236. The number of carbonyl (C=O) groups is 1. The lowest BCUT2D eigenvalue weighted by Gasteiger charge is -2.05. The second-order valence-corrected chi connectivity index (χ2v) is 9.30. The molecule has 2 aromatic heterocycles. The van der Waals surface area contributed by atoms with Crippen molar-refractivity contribution in [3.63, 3.8) is 0 Å². The second kappa shape index (κ2) is 7.43. The SMILES string of the molecule is O=C(Nc1ccc(-c2nc3ccccc3s2)cc1)c1sc2cc(Cl)ccc2c1Cl. The van der Waals surface area contributed by atoms with Crippen LogP contribution in [-0.2, 0) is 0 Å². The summed E-state index contributed by atoms with van der Waals surface area (Å²) < 4.78 is 2.04. The number of para-hydroxylation sites is 1. The molecule has 3 nitrogen and oxygen atoms in total. The van der Waals surface area contributed by atoms with Gasteiger partial charge in [-0.1, -0.05) is 41.4 Å². The molecule has 1 N–H and O–H groups in total. The highest BCUT2D eigenvalue weighted by atomic mass is 35.5. The predicted octanol–water partition coefficient (Wildman–Crippen LogP) is 7.74. The molecule has 5 aromatic rings. The first-order chi connectivity index (χ1) is 14.1. The maximum Gasteiger partial charge on any atom is 0.267 e. The van der Waals surface area contributed by atoms with Gasteiger partial charge in [0.15, 0.2) is 0 Å². The Labute approximate surface area is 184 Å². The van der Waals surface area contributed by atoms with Gasteiger partial charge in [-0.15, -0.1) is 22.7 Å². The molecule has 0 unspecified atom stereocenters. The first kappa shape index (κ1) is 18.6. The van der Waals surface area contributed by atoms with E-state index in [4.69, 9.17) is 23.2 Å². The number of anilines is 1. The summed E-state index contributed by atoms with van der Waals surface area (Å²) in [6.07, 6.45) is 0. The van der Waals surface area contributed by atoms with Crippen LogP contribution in [0.3, 0.4) is 0 Å². The minimum absolute atomic E-state index is 0.236. The number of benzene rings is 3.